The minimum Gasteiger partial charge on any atom is -0.475 e. The van der Waals surface area contributed by atoms with E-state index in [9.17, 15) is 5.26 Å². The van der Waals surface area contributed by atoms with Gasteiger partial charge in [-0.1, -0.05) is 0 Å². The van der Waals surface area contributed by atoms with Gasteiger partial charge in [-0.2, -0.15) is 10.4 Å². The van der Waals surface area contributed by atoms with E-state index in [0.29, 0.717) is 31.9 Å². The predicted molar refractivity (Wildman–Crippen MR) is 88.1 cm³/mol. The summed E-state index contributed by atoms with van der Waals surface area (Å²) in [6.45, 7) is 1.37. The lowest BCUT2D eigenvalue weighted by molar-refractivity contribution is 0.0181. The highest BCUT2D eigenvalue weighted by Gasteiger charge is 2.34. The van der Waals surface area contributed by atoms with Crippen molar-refractivity contribution in [2.24, 2.45) is 21.1 Å². The van der Waals surface area contributed by atoms with Gasteiger partial charge in [0, 0.05) is 31.1 Å². The Morgan fingerprint density at radius 3 is 3.00 bits per heavy atom. The zero-order valence-electron chi connectivity index (χ0n) is 12.9. The molecule has 2 aliphatic rings. The van der Waals surface area contributed by atoms with Gasteiger partial charge < -0.3 is 15.2 Å². The van der Waals surface area contributed by atoms with Crippen molar-refractivity contribution < 1.29 is 9.47 Å². The predicted octanol–water partition coefficient (Wildman–Crippen LogP) is 1.22. The molecule has 3 rings (SSSR count). The third kappa shape index (κ3) is 3.63. The van der Waals surface area contributed by atoms with Crippen LogP contribution in [0, 0.1) is 16.7 Å². The van der Waals surface area contributed by atoms with Crippen LogP contribution in [0.15, 0.2) is 22.2 Å². The van der Waals surface area contributed by atoms with Gasteiger partial charge in [-0.15, -0.1) is 16.7 Å². The molecule has 2 unspecified atom stereocenters. The van der Waals surface area contributed by atoms with Crippen LogP contribution in [0.1, 0.15) is 24.4 Å². The highest BCUT2D eigenvalue weighted by molar-refractivity contribution is 6.29. The number of rotatable bonds is 4. The van der Waals surface area contributed by atoms with Crippen LogP contribution in [-0.4, -0.2) is 47.6 Å². The number of alkyl halides is 1. The summed E-state index contributed by atoms with van der Waals surface area (Å²) in [5, 5.41) is 16.9. The molecule has 0 aromatic carbocycles. The number of nitriles is 1. The van der Waals surface area contributed by atoms with Crippen LogP contribution in [0.2, 0.25) is 0 Å². The molecule has 0 aliphatic carbocycles. The molecule has 1 saturated heterocycles. The second kappa shape index (κ2) is 7.11. The molecule has 2 N–H and O–H groups in total. The summed E-state index contributed by atoms with van der Waals surface area (Å²) in [7, 11) is 0. The first-order valence-electron chi connectivity index (χ1n) is 7.58. The Bertz CT molecular complexity index is 695. The first-order valence-corrected chi connectivity index (χ1v) is 8.01. The van der Waals surface area contributed by atoms with Crippen molar-refractivity contribution in [2.75, 3.05) is 19.8 Å². The van der Waals surface area contributed by atoms with Crippen LogP contribution < -0.4 is 10.5 Å². The van der Waals surface area contributed by atoms with Gasteiger partial charge in [0.25, 0.3) is 0 Å². The lowest BCUT2D eigenvalue weighted by Gasteiger charge is -2.30. The normalized spacial score (nSPS) is 25.6. The van der Waals surface area contributed by atoms with Crippen LogP contribution in [0.25, 0.3) is 0 Å². The number of nitrogens with two attached hydrogens (primary N) is 1. The molecule has 126 valence electrons. The van der Waals surface area contributed by atoms with Gasteiger partial charge in [-0.25, -0.2) is 9.98 Å². The van der Waals surface area contributed by atoms with E-state index in [4.69, 9.17) is 26.8 Å². The van der Waals surface area contributed by atoms with E-state index in [0.717, 1.165) is 5.56 Å². The molecule has 1 aromatic rings. The Hall–Kier alpha value is -2.24. The summed E-state index contributed by atoms with van der Waals surface area (Å²) in [5.74, 6) is 0.496. The number of aromatic nitrogens is 2. The van der Waals surface area contributed by atoms with Gasteiger partial charge in [0.15, 0.2) is 0 Å². The zero-order valence-corrected chi connectivity index (χ0v) is 13.7. The first-order chi connectivity index (χ1) is 11.6. The lowest BCUT2D eigenvalue weighted by Crippen LogP contribution is -2.34. The Morgan fingerprint density at radius 1 is 1.46 bits per heavy atom. The minimum absolute atomic E-state index is 0.168. The van der Waals surface area contributed by atoms with Crippen molar-refractivity contribution in [2.45, 2.75) is 24.3 Å². The average Bonchev–Trinajstić information content (AvgIpc) is 2.63. The molecule has 1 aromatic heterocycles. The van der Waals surface area contributed by atoms with Crippen LogP contribution in [0.5, 0.6) is 5.88 Å². The van der Waals surface area contributed by atoms with Gasteiger partial charge in [-0.05, 0) is 12.8 Å². The standard InChI is InChI=1S/C15H17ClN6O2/c16-11-7-19-14(18)21-13(11)10-5-12(22-20-6-10)24-9-15(8-17)1-3-23-4-2-15/h5-7,11,13H,1-4,9H2,(H2,18,21). The van der Waals surface area contributed by atoms with Gasteiger partial charge in [0.1, 0.15) is 12.6 Å². The molecule has 9 heteroatoms. The van der Waals surface area contributed by atoms with Crippen molar-refractivity contribution >= 4 is 23.8 Å². The zero-order chi connectivity index (χ0) is 17.0. The molecule has 0 spiro atoms. The van der Waals surface area contributed by atoms with Crippen LogP contribution in [0.4, 0.5) is 0 Å². The highest BCUT2D eigenvalue weighted by Crippen LogP contribution is 2.31. The highest BCUT2D eigenvalue weighted by atomic mass is 35.5. The molecule has 0 amide bonds. The maximum absolute atomic E-state index is 9.46. The van der Waals surface area contributed by atoms with Gasteiger partial charge in [0.2, 0.25) is 11.8 Å². The van der Waals surface area contributed by atoms with Crippen LogP contribution in [-0.2, 0) is 4.74 Å². The Kier molecular flexibility index (Phi) is 4.92. The summed E-state index contributed by atoms with van der Waals surface area (Å²) < 4.78 is 11.0. The van der Waals surface area contributed by atoms with E-state index < -0.39 is 16.8 Å². The van der Waals surface area contributed by atoms with Crippen molar-refractivity contribution in [3.8, 4) is 11.9 Å². The first kappa shape index (κ1) is 16.6. The number of aliphatic imine (C=N–C) groups is 2. The van der Waals surface area contributed by atoms with E-state index in [1.165, 1.54) is 0 Å². The second-order valence-corrected chi connectivity index (χ2v) is 6.28. The lowest BCUT2D eigenvalue weighted by atomic mass is 9.83. The van der Waals surface area contributed by atoms with Crippen molar-refractivity contribution in [3.05, 3.63) is 17.8 Å². The molecule has 0 bridgehead atoms. The third-order valence-corrected chi connectivity index (χ3v) is 4.45. The fourth-order valence-corrected chi connectivity index (χ4v) is 2.85. The minimum atomic E-state index is -0.551. The summed E-state index contributed by atoms with van der Waals surface area (Å²) >= 11 is 6.22. The van der Waals surface area contributed by atoms with Gasteiger partial charge in [0.05, 0.1) is 23.1 Å². The molecule has 3 heterocycles. The maximum Gasteiger partial charge on any atom is 0.233 e. The number of ether oxygens (including phenoxy) is 2. The molecule has 2 atom stereocenters. The molecule has 1 fully saturated rings. The molecule has 0 radical (unpaired) electrons. The van der Waals surface area contributed by atoms with Crippen molar-refractivity contribution in [1.82, 2.24) is 10.2 Å². The largest absolute Gasteiger partial charge is 0.475 e. The summed E-state index contributed by atoms with van der Waals surface area (Å²) in [5.41, 5.74) is 5.81. The van der Waals surface area contributed by atoms with Gasteiger partial charge in [-0.3, -0.25) is 0 Å². The molecular formula is C15H17ClN6O2. The van der Waals surface area contributed by atoms with E-state index in [1.54, 1.807) is 18.5 Å². The number of halogens is 1. The number of guanidine groups is 1. The molecule has 0 saturated carbocycles. The molecule has 8 nitrogen and oxygen atoms in total. The fraction of sp³-hybridized carbons (Fsp3) is 0.533. The maximum atomic E-state index is 9.46. The van der Waals surface area contributed by atoms with Crippen molar-refractivity contribution in [3.63, 3.8) is 0 Å². The number of nitrogens with zero attached hydrogens (tertiary/aromatic N) is 5. The second-order valence-electron chi connectivity index (χ2n) is 5.78. The quantitative estimate of drug-likeness (QED) is 0.817. The van der Waals surface area contributed by atoms with Crippen LogP contribution >= 0.6 is 11.6 Å². The Balaban J connectivity index is 1.72. The summed E-state index contributed by atoms with van der Waals surface area (Å²) in [4.78, 5) is 8.11. The molecule has 24 heavy (non-hydrogen) atoms. The number of hydrogen-bond donors (Lipinski definition) is 1. The van der Waals surface area contributed by atoms with E-state index in [1.807, 2.05) is 0 Å². The molecule has 2 aliphatic heterocycles. The van der Waals surface area contributed by atoms with Crippen molar-refractivity contribution in [1.29, 1.82) is 5.26 Å². The smallest absolute Gasteiger partial charge is 0.233 e. The van der Waals surface area contributed by atoms with E-state index in [2.05, 4.69) is 26.3 Å². The average molecular weight is 349 g/mol. The van der Waals surface area contributed by atoms with E-state index >= 15 is 0 Å². The van der Waals surface area contributed by atoms with Gasteiger partial charge >= 0.3 is 0 Å². The SMILES string of the molecule is N#CC1(COc2cc(C3N=C(N)N=CC3Cl)cnn2)CCOCC1. The van der Waals surface area contributed by atoms with Crippen LogP contribution in [0.3, 0.4) is 0 Å². The fourth-order valence-electron chi connectivity index (χ4n) is 2.59. The number of hydrogen-bond acceptors (Lipinski definition) is 8. The summed E-state index contributed by atoms with van der Waals surface area (Å²) in [6.07, 6.45) is 4.39. The monoisotopic (exact) mass is 348 g/mol. The Morgan fingerprint density at radius 2 is 2.25 bits per heavy atom. The molecular weight excluding hydrogens is 332 g/mol. The Labute approximate surface area is 144 Å². The topological polar surface area (TPSA) is 119 Å². The third-order valence-electron chi connectivity index (χ3n) is 4.10. The van der Waals surface area contributed by atoms with E-state index in [-0.39, 0.29) is 12.6 Å². The summed E-state index contributed by atoms with van der Waals surface area (Å²) in [6, 6.07) is 3.67.